The van der Waals surface area contributed by atoms with Crippen LogP contribution < -0.4 is 24.4 Å². The van der Waals surface area contributed by atoms with Crippen LogP contribution >= 0.6 is 0 Å². The van der Waals surface area contributed by atoms with Gasteiger partial charge in [0.15, 0.2) is 30.9 Å². The summed E-state index contributed by atoms with van der Waals surface area (Å²) in [5, 5.41) is 67.0. The molecular formula is C32H65N3O49S8-10. The number of carboxylic acid groups (broad SMARTS) is 2. The Morgan fingerprint density at radius 3 is 1.15 bits per heavy atom. The quantitative estimate of drug-likeness (QED) is 0.0369. The van der Waals surface area contributed by atoms with Gasteiger partial charge < -0.3 is 138 Å². The van der Waals surface area contributed by atoms with Crippen LogP contribution in [0.2, 0.25) is 0 Å². The molecule has 0 amide bonds. The van der Waals surface area contributed by atoms with E-state index in [9.17, 15) is 139 Å². The fourth-order valence-electron chi connectivity index (χ4n) is 6.94. The first-order valence-electron chi connectivity index (χ1n) is 22.5. The standard InChI is InChI=1S/C7H15NO10S2.C6H13NO12S3.C6H13NO9S2.C6H10O8S.C6H10O5.CH4.5H2O/c1-16-7-5(3-18-20(13,14)15)17-2-4(6(7)9)8-19(10,11)12;8-20(9,10)7-5-3-17-4(2-18-21(11,12)13)1-6(5)19-22(14,15)16;8-6-1-4(2-16-18(12,13)14)15-3-5(6)7-17(9,10)11;7-3-1-4(6(8)9)13-2-5(3)14-15(10,11)12;7-3-1-5(6(9)10)11-2-4(3)8;;;;;;/h4-9H,2-3H2,1H3,(H,10,11,12)(H,13,14,15);4-7H,1-3H2,(H,8,9,10)(H,11,12,13)(H,14,15,16);4-8H,1-3H2,(H,9,10,11)(H,12,13,14);3-5,7H,1-2H2,(H,8,9)(H,10,11,12);3-5,7-8H,1-2H2,(H,9,10);1H4;5*1H2/p-10/t4?,5?,6-,7+;2*4?,5?,6-;2*3-,4?,5?;;;;;;/m01111....../s1. The highest BCUT2D eigenvalue weighted by Crippen LogP contribution is 2.23. The van der Waals surface area contributed by atoms with Gasteiger partial charge in [0, 0.05) is 32.8 Å². The average Bonchev–Trinajstić information content (AvgIpc) is 0.873. The molecule has 10 unspecified atom stereocenters. The topological polar surface area (TPSA) is 934 Å². The highest BCUT2D eigenvalue weighted by molar-refractivity contribution is 7.84. The monoisotopic (exact) mass is 1530 g/mol. The summed E-state index contributed by atoms with van der Waals surface area (Å²) in [6, 6.07) is -3.87. The molecule has 0 bridgehead atoms. The fraction of sp³-hybridized carbons (Fsp3) is 0.938. The van der Waals surface area contributed by atoms with Crippen LogP contribution in [-0.4, -0.2) is 326 Å². The van der Waals surface area contributed by atoms with E-state index in [4.69, 9.17) is 29.2 Å². The van der Waals surface area contributed by atoms with Crippen molar-refractivity contribution in [1.82, 2.24) is 14.2 Å². The van der Waals surface area contributed by atoms with E-state index in [-0.39, 0.29) is 67.3 Å². The minimum atomic E-state index is -5.24. The van der Waals surface area contributed by atoms with E-state index >= 15 is 0 Å². The number of rotatable bonds is 22. The predicted molar refractivity (Wildman–Crippen MR) is 269 cm³/mol. The van der Waals surface area contributed by atoms with Crippen LogP contribution in [0, 0.1) is 0 Å². The number of methoxy groups -OCH3 is 1. The second kappa shape index (κ2) is 42.8. The van der Waals surface area contributed by atoms with E-state index in [0.29, 0.717) is 0 Å². The van der Waals surface area contributed by atoms with Crippen LogP contribution in [0.1, 0.15) is 33.1 Å². The van der Waals surface area contributed by atoms with Crippen molar-refractivity contribution in [2.24, 2.45) is 0 Å². The first kappa shape index (κ1) is 100. The lowest BCUT2D eigenvalue weighted by atomic mass is 9.99. The second-order valence-electron chi connectivity index (χ2n) is 17.2. The summed E-state index contributed by atoms with van der Waals surface area (Å²) in [4.78, 5) is 20.5. The minimum Gasteiger partial charge on any atom is -0.735 e. The van der Waals surface area contributed by atoms with Crippen molar-refractivity contribution in [3.63, 3.8) is 0 Å². The highest BCUT2D eigenvalue weighted by atomic mass is 32.3. The Balaban J connectivity index is -0.000000251. The van der Waals surface area contributed by atoms with Crippen LogP contribution in [0.15, 0.2) is 0 Å². The van der Waals surface area contributed by atoms with Crippen molar-refractivity contribution >= 4 is 94.8 Å². The molecule has 0 aromatic carbocycles. The van der Waals surface area contributed by atoms with E-state index < -0.39 is 238 Å². The van der Waals surface area contributed by atoms with Gasteiger partial charge in [-0.3, -0.25) is 20.9 Å². The van der Waals surface area contributed by atoms with Crippen molar-refractivity contribution < 1.29 is 226 Å². The van der Waals surface area contributed by atoms with E-state index in [1.807, 2.05) is 0 Å². The molecule has 0 radical (unpaired) electrons. The van der Waals surface area contributed by atoms with E-state index in [0.717, 1.165) is 7.11 Å². The lowest BCUT2D eigenvalue weighted by molar-refractivity contribution is -0.322. The molecule has 0 saturated carbocycles. The van der Waals surface area contributed by atoms with Gasteiger partial charge in [-0.25, -0.2) is 81.5 Å². The molecule has 560 valence electrons. The molecule has 5 aliphatic heterocycles. The van der Waals surface area contributed by atoms with Crippen molar-refractivity contribution in [2.75, 3.05) is 60.0 Å². The SMILES string of the molecule is C.CO[C@@H]1C(COS(=O)(=O)[O-])OCC(NS(=O)(=O)[O-])[C@@H]1O.O.O.O.O.O.O=C([O-])C1C[C@@H](O)C(O)CO1.O=C([O-])C1C[C@@H](O)C(OS(=O)(=O)[O-])CO1.O=S(=O)([O-])NC1COC(COS(=O)(=O)[O-])C[C@H]1O.O=S(=O)([O-])NC1COC(COS(=O)(=O)[O-])C[C@H]1OS(=O)(=O)[O-]. The van der Waals surface area contributed by atoms with Gasteiger partial charge in [0.05, 0.1) is 132 Å². The predicted octanol–water partition coefficient (Wildman–Crippen LogP) is -19.3. The maximum absolute atomic E-state index is 10.6. The Labute approximate surface area is 523 Å². The Morgan fingerprint density at radius 1 is 0.424 bits per heavy atom. The average molecular weight is 1530 g/mol. The van der Waals surface area contributed by atoms with Crippen LogP contribution in [0.4, 0.5) is 0 Å². The maximum atomic E-state index is 10.6. The zero-order valence-corrected chi connectivity index (χ0v) is 51.7. The summed E-state index contributed by atoms with van der Waals surface area (Å²) >= 11 is 0. The molecule has 92 heavy (non-hydrogen) atoms. The van der Waals surface area contributed by atoms with Gasteiger partial charge in [0.25, 0.3) is 0 Å². The number of hydrogen-bond donors (Lipinski definition) is 8. The zero-order valence-electron chi connectivity index (χ0n) is 45.1. The Hall–Kier alpha value is -2.74. The Morgan fingerprint density at radius 2 is 0.783 bits per heavy atom. The van der Waals surface area contributed by atoms with Gasteiger partial charge >= 0.3 is 0 Å². The highest BCUT2D eigenvalue weighted by Gasteiger charge is 2.41. The molecule has 0 aromatic heterocycles. The van der Waals surface area contributed by atoms with Gasteiger partial charge in [-0.2, -0.15) is 0 Å². The van der Waals surface area contributed by atoms with Gasteiger partial charge in [0.2, 0.25) is 52.0 Å². The molecule has 5 heterocycles. The molecule has 52 nitrogen and oxygen atoms in total. The molecule has 0 aromatic rings. The Kier molecular flexibility index (Phi) is 46.7. The first-order valence-corrected chi connectivity index (χ1v) is 33.4. The number of carbonyl (C=O) groups is 2. The van der Waals surface area contributed by atoms with Gasteiger partial charge in [-0.05, 0) is 0 Å². The number of hydrogen-bond acceptors (Lipinski definition) is 44. The second-order valence-corrected chi connectivity index (χ2v) is 25.8. The van der Waals surface area contributed by atoms with Gasteiger partial charge in [0.1, 0.15) is 30.5 Å². The summed E-state index contributed by atoms with van der Waals surface area (Å²) in [5.74, 6) is -2.87. The van der Waals surface area contributed by atoms with Crippen LogP contribution in [-0.2, 0) is 142 Å². The van der Waals surface area contributed by atoms with Crippen LogP contribution in [0.25, 0.3) is 0 Å². The summed E-state index contributed by atoms with van der Waals surface area (Å²) < 4.78 is 303. The smallest absolute Gasteiger partial charge is 0.218 e. The van der Waals surface area contributed by atoms with Crippen LogP contribution in [0.3, 0.4) is 0 Å². The lowest BCUT2D eigenvalue weighted by Gasteiger charge is -2.39. The molecular weight excluding hydrogens is 1470 g/mol. The number of nitrogens with one attached hydrogen (secondary N) is 3. The third kappa shape index (κ3) is 45.7. The molecule has 5 aliphatic rings. The van der Waals surface area contributed by atoms with Crippen molar-refractivity contribution in [3.8, 4) is 0 Å². The minimum absolute atomic E-state index is 0. The molecule has 0 spiro atoms. The molecule has 5 rings (SSSR count). The summed E-state index contributed by atoms with van der Waals surface area (Å²) in [6.45, 7) is -4.12. The Bertz CT molecular complexity index is 3090. The molecule has 60 heteroatoms. The van der Waals surface area contributed by atoms with Crippen molar-refractivity contribution in [3.05, 3.63) is 0 Å². The lowest BCUT2D eigenvalue weighted by Crippen LogP contribution is -2.60. The van der Waals surface area contributed by atoms with Crippen molar-refractivity contribution in [1.29, 1.82) is 0 Å². The van der Waals surface area contributed by atoms with Crippen molar-refractivity contribution in [2.45, 2.75) is 131 Å². The molecule has 16 atom stereocenters. The number of aliphatic hydroxyl groups excluding tert-OH is 5. The number of aliphatic hydroxyl groups is 5. The number of carboxylic acids is 2. The molecule has 5 saturated heterocycles. The maximum Gasteiger partial charge on any atom is 0.218 e. The van der Waals surface area contributed by atoms with E-state index in [1.54, 1.807) is 9.44 Å². The molecule has 0 aliphatic carbocycles. The first-order chi connectivity index (χ1) is 38.8. The fourth-order valence-corrected chi connectivity index (χ4v) is 10.6. The molecule has 5 fully saturated rings. The summed E-state index contributed by atoms with van der Waals surface area (Å²) in [7, 11) is -38.4. The number of carbonyl (C=O) groups excluding carboxylic acids is 2. The third-order valence-electron chi connectivity index (χ3n) is 10.6. The molecule has 18 N–H and O–H groups in total. The van der Waals surface area contributed by atoms with Gasteiger partial charge in [-0.1, -0.05) is 7.43 Å². The van der Waals surface area contributed by atoms with Gasteiger partial charge in [-0.15, -0.1) is 0 Å². The van der Waals surface area contributed by atoms with Crippen LogP contribution in [0.5, 0.6) is 0 Å². The van der Waals surface area contributed by atoms with E-state index in [2.05, 4.69) is 30.4 Å². The summed E-state index contributed by atoms with van der Waals surface area (Å²) in [6.07, 6.45) is -17.1. The third-order valence-corrected chi connectivity index (χ3v) is 14.6. The summed E-state index contributed by atoms with van der Waals surface area (Å²) in [5.41, 5.74) is 0. The largest absolute Gasteiger partial charge is 0.735 e. The van der Waals surface area contributed by atoms with E-state index in [1.165, 1.54) is 4.72 Å². The number of ether oxygens (including phenoxy) is 6. The zero-order chi connectivity index (χ0) is 66.8. The number of aliphatic carboxylic acids is 2. The normalized spacial score (nSPS) is 29.5.